The van der Waals surface area contributed by atoms with Crippen LogP contribution >= 0.6 is 0 Å². The lowest BCUT2D eigenvalue weighted by Gasteiger charge is -2.04. The van der Waals surface area contributed by atoms with Crippen LogP contribution in [0.5, 0.6) is 0 Å². The monoisotopic (exact) mass is 271 g/mol. The molecule has 96 valence electrons. The van der Waals surface area contributed by atoms with Crippen molar-refractivity contribution < 1.29 is 9.00 Å². The summed E-state index contributed by atoms with van der Waals surface area (Å²) in [4.78, 5) is 12.1. The zero-order valence-electron chi connectivity index (χ0n) is 10.2. The molecule has 0 aliphatic heterocycles. The average molecular weight is 271 g/mol. The van der Waals surface area contributed by atoms with Crippen LogP contribution in [0.15, 0.2) is 70.5 Å². The van der Waals surface area contributed by atoms with Crippen molar-refractivity contribution in [3.8, 4) is 0 Å². The van der Waals surface area contributed by atoms with E-state index in [2.05, 4.69) is 0 Å². The van der Waals surface area contributed by atoms with E-state index in [1.165, 1.54) is 0 Å². The topological polar surface area (TPSA) is 60.2 Å². The summed E-state index contributed by atoms with van der Waals surface area (Å²) < 4.78 is 12.3. The average Bonchev–Trinajstić information content (AvgIpc) is 2.46. The molecule has 0 radical (unpaired) electrons. The van der Waals surface area contributed by atoms with Crippen LogP contribution in [0.2, 0.25) is 0 Å². The number of benzene rings is 2. The molecule has 3 nitrogen and oxygen atoms in total. The summed E-state index contributed by atoms with van der Waals surface area (Å²) in [7, 11) is -1.57. The van der Waals surface area contributed by atoms with Gasteiger partial charge in [-0.15, -0.1) is 0 Å². The fourth-order valence-electron chi connectivity index (χ4n) is 1.59. The number of rotatable bonds is 4. The molecule has 2 aromatic rings. The molecular weight excluding hydrogens is 258 g/mol. The minimum absolute atomic E-state index is 0.0948. The van der Waals surface area contributed by atoms with Gasteiger partial charge in [-0.3, -0.25) is 4.79 Å². The van der Waals surface area contributed by atoms with Gasteiger partial charge in [-0.25, -0.2) is 4.21 Å². The molecule has 0 saturated heterocycles. The van der Waals surface area contributed by atoms with E-state index in [0.29, 0.717) is 4.90 Å². The summed E-state index contributed by atoms with van der Waals surface area (Å²) in [6.45, 7) is 0. The SMILES string of the molecule is NC(=O)/C(=C/c1ccccc1)S(=O)c1ccccc1. The number of carbonyl (C=O) groups is 1. The summed E-state index contributed by atoms with van der Waals surface area (Å²) in [6.07, 6.45) is 1.56. The number of carbonyl (C=O) groups excluding carboxylic acids is 1. The number of amides is 1. The fraction of sp³-hybridized carbons (Fsp3) is 0. The van der Waals surface area contributed by atoms with Crippen LogP contribution in [0.4, 0.5) is 0 Å². The molecule has 1 atom stereocenters. The van der Waals surface area contributed by atoms with Crippen molar-refractivity contribution in [3.05, 3.63) is 71.1 Å². The van der Waals surface area contributed by atoms with E-state index in [4.69, 9.17) is 5.73 Å². The Morgan fingerprint density at radius 3 is 2.00 bits per heavy atom. The first kappa shape index (κ1) is 13.2. The lowest BCUT2D eigenvalue weighted by atomic mass is 10.2. The second-order valence-electron chi connectivity index (χ2n) is 3.87. The Bertz CT molecular complexity index is 621. The van der Waals surface area contributed by atoms with Gasteiger partial charge in [-0.2, -0.15) is 0 Å². The van der Waals surface area contributed by atoms with E-state index in [1.807, 2.05) is 36.4 Å². The van der Waals surface area contributed by atoms with E-state index in [9.17, 15) is 9.00 Å². The van der Waals surface area contributed by atoms with E-state index in [-0.39, 0.29) is 4.91 Å². The van der Waals surface area contributed by atoms with Gasteiger partial charge < -0.3 is 5.73 Å². The first-order valence-electron chi connectivity index (χ1n) is 5.72. The third-order valence-corrected chi connectivity index (χ3v) is 3.92. The van der Waals surface area contributed by atoms with Crippen LogP contribution in [0, 0.1) is 0 Å². The highest BCUT2D eigenvalue weighted by Crippen LogP contribution is 2.17. The minimum Gasteiger partial charge on any atom is -0.365 e. The summed E-state index contributed by atoms with van der Waals surface area (Å²) in [5.74, 6) is -0.675. The van der Waals surface area contributed by atoms with Gasteiger partial charge in [0.05, 0.1) is 10.8 Å². The first-order chi connectivity index (χ1) is 9.18. The van der Waals surface area contributed by atoms with E-state index in [1.54, 1.807) is 30.3 Å². The second kappa shape index (κ2) is 6.11. The van der Waals surface area contributed by atoms with Gasteiger partial charge in [0.1, 0.15) is 4.91 Å². The Labute approximate surface area is 114 Å². The summed E-state index contributed by atoms with van der Waals surface area (Å²) >= 11 is 0. The van der Waals surface area contributed by atoms with Crippen molar-refractivity contribution in [2.24, 2.45) is 5.73 Å². The smallest absolute Gasteiger partial charge is 0.258 e. The van der Waals surface area contributed by atoms with Crippen molar-refractivity contribution in [3.63, 3.8) is 0 Å². The molecule has 2 aromatic carbocycles. The summed E-state index contributed by atoms with van der Waals surface area (Å²) in [6, 6.07) is 18.0. The zero-order chi connectivity index (χ0) is 13.7. The molecule has 0 saturated carbocycles. The van der Waals surface area contributed by atoms with Crippen molar-refractivity contribution in [1.29, 1.82) is 0 Å². The number of hydrogen-bond donors (Lipinski definition) is 1. The molecule has 1 amide bonds. The molecule has 19 heavy (non-hydrogen) atoms. The lowest BCUT2D eigenvalue weighted by molar-refractivity contribution is -0.113. The van der Waals surface area contributed by atoms with Gasteiger partial charge in [0.2, 0.25) is 0 Å². The van der Waals surface area contributed by atoms with Crippen LogP contribution in [0.1, 0.15) is 5.56 Å². The third kappa shape index (κ3) is 3.39. The van der Waals surface area contributed by atoms with Crippen molar-refractivity contribution in [2.45, 2.75) is 4.90 Å². The zero-order valence-corrected chi connectivity index (χ0v) is 11.0. The molecule has 0 aliphatic rings. The van der Waals surface area contributed by atoms with Gasteiger partial charge >= 0.3 is 0 Å². The molecule has 1 unspecified atom stereocenters. The molecule has 0 spiro atoms. The van der Waals surface area contributed by atoms with Gasteiger partial charge in [-0.05, 0) is 23.8 Å². The highest BCUT2D eigenvalue weighted by molar-refractivity contribution is 7.90. The van der Waals surface area contributed by atoms with Crippen LogP contribution in [0.3, 0.4) is 0 Å². The Morgan fingerprint density at radius 1 is 0.947 bits per heavy atom. The fourth-order valence-corrected chi connectivity index (χ4v) is 2.67. The Morgan fingerprint density at radius 2 is 1.47 bits per heavy atom. The second-order valence-corrected chi connectivity index (χ2v) is 5.31. The highest BCUT2D eigenvalue weighted by atomic mass is 32.2. The Balaban J connectivity index is 2.40. The van der Waals surface area contributed by atoms with E-state index in [0.717, 1.165) is 5.56 Å². The largest absolute Gasteiger partial charge is 0.365 e. The van der Waals surface area contributed by atoms with Gasteiger partial charge in [0.25, 0.3) is 5.91 Å². The molecular formula is C15H13NO2S. The Kier molecular flexibility index (Phi) is 4.26. The van der Waals surface area contributed by atoms with Crippen LogP contribution in [-0.4, -0.2) is 10.1 Å². The Hall–Kier alpha value is -2.20. The van der Waals surface area contributed by atoms with Crippen molar-refractivity contribution in [1.82, 2.24) is 0 Å². The van der Waals surface area contributed by atoms with E-state index >= 15 is 0 Å². The molecule has 0 heterocycles. The van der Waals surface area contributed by atoms with Crippen LogP contribution in [0.25, 0.3) is 6.08 Å². The number of hydrogen-bond acceptors (Lipinski definition) is 2. The maximum absolute atomic E-state index is 12.3. The third-order valence-electron chi connectivity index (χ3n) is 2.50. The predicted molar refractivity (Wildman–Crippen MR) is 76.5 cm³/mol. The quantitative estimate of drug-likeness (QED) is 0.867. The maximum Gasteiger partial charge on any atom is 0.258 e. The van der Waals surface area contributed by atoms with Crippen molar-refractivity contribution >= 4 is 22.8 Å². The first-order valence-corrected chi connectivity index (χ1v) is 6.87. The van der Waals surface area contributed by atoms with Gasteiger partial charge in [-0.1, -0.05) is 48.5 Å². The predicted octanol–water partition coefficient (Wildman–Crippen LogP) is 2.32. The normalized spacial score (nSPS) is 12.9. The molecule has 4 heteroatoms. The van der Waals surface area contributed by atoms with E-state index < -0.39 is 16.7 Å². The number of primary amides is 1. The molecule has 0 aliphatic carbocycles. The lowest BCUT2D eigenvalue weighted by Crippen LogP contribution is -2.17. The molecule has 0 fully saturated rings. The van der Waals surface area contributed by atoms with Gasteiger partial charge in [0, 0.05) is 4.90 Å². The summed E-state index contributed by atoms with van der Waals surface area (Å²) in [5.41, 5.74) is 6.11. The van der Waals surface area contributed by atoms with Crippen LogP contribution < -0.4 is 5.73 Å². The molecule has 0 aromatic heterocycles. The maximum atomic E-state index is 12.3. The molecule has 2 rings (SSSR count). The van der Waals surface area contributed by atoms with Crippen LogP contribution in [-0.2, 0) is 15.6 Å². The molecule has 0 bridgehead atoms. The van der Waals surface area contributed by atoms with Gasteiger partial charge in [0.15, 0.2) is 0 Å². The standard InChI is InChI=1S/C15H13NO2S/c16-15(17)14(11-12-7-3-1-4-8-12)19(18)13-9-5-2-6-10-13/h1-11H,(H2,16,17)/b14-11-. The molecule has 2 N–H and O–H groups in total. The minimum atomic E-state index is -1.57. The summed E-state index contributed by atoms with van der Waals surface area (Å²) in [5, 5.41) is 0. The van der Waals surface area contributed by atoms with Crippen molar-refractivity contribution in [2.75, 3.05) is 0 Å². The highest BCUT2D eigenvalue weighted by Gasteiger charge is 2.15. The number of nitrogens with two attached hydrogens (primary N) is 1.